The van der Waals surface area contributed by atoms with Gasteiger partial charge in [-0.2, -0.15) is 0 Å². The van der Waals surface area contributed by atoms with Crippen LogP contribution in [-0.2, 0) is 4.74 Å². The molecule has 2 aromatic carbocycles. The van der Waals surface area contributed by atoms with Gasteiger partial charge >= 0.3 is 6.09 Å². The number of fused-ring (bicyclic) bond motifs is 1. The molecule has 2 aliphatic heterocycles. The average molecular weight is 503 g/mol. The predicted octanol–water partition coefficient (Wildman–Crippen LogP) is 3.24. The highest BCUT2D eigenvalue weighted by molar-refractivity contribution is 5.95. The molecule has 0 spiro atoms. The summed E-state index contributed by atoms with van der Waals surface area (Å²) in [5.41, 5.74) is 3.59. The van der Waals surface area contributed by atoms with Crippen molar-refractivity contribution in [2.24, 2.45) is 0 Å². The molecule has 5 rings (SSSR count). The fourth-order valence-corrected chi connectivity index (χ4v) is 4.34. The molecule has 192 valence electrons. The van der Waals surface area contributed by atoms with Crippen LogP contribution in [0.25, 0.3) is 17.3 Å². The summed E-state index contributed by atoms with van der Waals surface area (Å²) in [6, 6.07) is 14.9. The number of anilines is 1. The van der Waals surface area contributed by atoms with Crippen molar-refractivity contribution in [3.8, 4) is 5.69 Å². The number of hydrogen-bond donors (Lipinski definition) is 2. The summed E-state index contributed by atoms with van der Waals surface area (Å²) in [5.74, 6) is -0.114. The van der Waals surface area contributed by atoms with E-state index in [0.717, 1.165) is 11.3 Å². The lowest BCUT2D eigenvalue weighted by molar-refractivity contribution is 0.0141. The number of nitrogens with zero attached hydrogens (tertiary/aromatic N) is 5. The first-order chi connectivity index (χ1) is 17.7. The molecule has 1 saturated heterocycles. The van der Waals surface area contributed by atoms with Crippen molar-refractivity contribution in [3.05, 3.63) is 71.5 Å². The van der Waals surface area contributed by atoms with Gasteiger partial charge in [0.2, 0.25) is 0 Å². The second-order valence-corrected chi connectivity index (χ2v) is 10.1. The maximum absolute atomic E-state index is 13.2. The predicted molar refractivity (Wildman–Crippen MR) is 139 cm³/mol. The van der Waals surface area contributed by atoms with Crippen LogP contribution in [0.2, 0.25) is 0 Å². The minimum Gasteiger partial charge on any atom is -0.444 e. The number of rotatable bonds is 3. The van der Waals surface area contributed by atoms with Crippen molar-refractivity contribution in [1.82, 2.24) is 24.8 Å². The van der Waals surface area contributed by atoms with E-state index in [2.05, 4.69) is 15.6 Å². The van der Waals surface area contributed by atoms with Crippen LogP contribution in [0.3, 0.4) is 0 Å². The second-order valence-electron chi connectivity index (χ2n) is 10.1. The van der Waals surface area contributed by atoms with Crippen LogP contribution in [0.4, 0.5) is 10.5 Å². The van der Waals surface area contributed by atoms with E-state index in [-0.39, 0.29) is 12.0 Å². The third-order valence-corrected chi connectivity index (χ3v) is 6.22. The Kier molecular flexibility index (Phi) is 6.43. The number of amides is 2. The van der Waals surface area contributed by atoms with E-state index in [0.29, 0.717) is 48.7 Å². The molecule has 0 bridgehead atoms. The number of hydrogen-bond acceptors (Lipinski definition) is 7. The second kappa shape index (κ2) is 9.70. The first-order valence-corrected chi connectivity index (χ1v) is 12.2. The van der Waals surface area contributed by atoms with Crippen LogP contribution < -0.4 is 5.32 Å². The van der Waals surface area contributed by atoms with Gasteiger partial charge in [0.1, 0.15) is 11.3 Å². The van der Waals surface area contributed by atoms with E-state index in [9.17, 15) is 14.7 Å². The summed E-state index contributed by atoms with van der Waals surface area (Å²) in [4.78, 5) is 28.9. The molecular weight excluding hydrogens is 472 g/mol. The molecule has 2 N–H and O–H groups in total. The Morgan fingerprint density at radius 3 is 2.51 bits per heavy atom. The molecular formula is C27H30N6O4. The minimum absolute atomic E-state index is 0.114. The lowest BCUT2D eigenvalue weighted by Crippen LogP contribution is -2.51. The van der Waals surface area contributed by atoms with Gasteiger partial charge in [-0.15, -0.1) is 5.10 Å². The Balaban J connectivity index is 1.28. The Morgan fingerprint density at radius 1 is 1.03 bits per heavy atom. The van der Waals surface area contributed by atoms with Gasteiger partial charge in [-0.05, 0) is 56.7 Å². The standard InChI is InChI=1S/C27H30N6O4/c1-27(2,3)37-26(36)32-13-11-31(12-14-32)25(35)19-8-6-9-20(15-19)33-17-23(29-30-33)21-16-18-7-4-5-10-22(18)28-24(21)34/h4-10,15-17,24,28,34H,11-14H2,1-3H3. The first-order valence-electron chi connectivity index (χ1n) is 12.2. The van der Waals surface area contributed by atoms with Crippen molar-refractivity contribution < 1.29 is 19.4 Å². The average Bonchev–Trinajstić information content (AvgIpc) is 3.37. The van der Waals surface area contributed by atoms with Crippen LogP contribution in [0.1, 0.15) is 42.4 Å². The van der Waals surface area contributed by atoms with Crippen molar-refractivity contribution in [1.29, 1.82) is 0 Å². The number of aliphatic hydroxyl groups excluding tert-OH is 1. The van der Waals surface area contributed by atoms with E-state index in [4.69, 9.17) is 4.74 Å². The molecule has 1 aromatic heterocycles. The van der Waals surface area contributed by atoms with Gasteiger partial charge in [-0.3, -0.25) is 4.79 Å². The number of aromatic nitrogens is 3. The minimum atomic E-state index is -0.910. The summed E-state index contributed by atoms with van der Waals surface area (Å²) < 4.78 is 7.02. The molecule has 0 saturated carbocycles. The highest BCUT2D eigenvalue weighted by atomic mass is 16.6. The van der Waals surface area contributed by atoms with E-state index in [1.807, 2.05) is 57.2 Å². The van der Waals surface area contributed by atoms with Gasteiger partial charge in [-0.25, -0.2) is 9.48 Å². The number of para-hydroxylation sites is 1. The van der Waals surface area contributed by atoms with Crippen molar-refractivity contribution in [2.45, 2.75) is 32.6 Å². The summed E-state index contributed by atoms with van der Waals surface area (Å²) >= 11 is 0. The van der Waals surface area contributed by atoms with Crippen LogP contribution >= 0.6 is 0 Å². The fourth-order valence-electron chi connectivity index (χ4n) is 4.34. The van der Waals surface area contributed by atoms with E-state index in [1.54, 1.807) is 38.9 Å². The molecule has 1 fully saturated rings. The van der Waals surface area contributed by atoms with Crippen LogP contribution in [0, 0.1) is 0 Å². The third-order valence-electron chi connectivity index (χ3n) is 6.22. The number of ether oxygens (including phenoxy) is 1. The monoisotopic (exact) mass is 502 g/mol. The van der Waals surface area contributed by atoms with Gasteiger partial charge in [0.15, 0.2) is 6.23 Å². The van der Waals surface area contributed by atoms with Crippen molar-refractivity contribution in [2.75, 3.05) is 31.5 Å². The number of carbonyl (C=O) groups is 2. The highest BCUT2D eigenvalue weighted by Crippen LogP contribution is 2.30. The Hall–Kier alpha value is -4.18. The van der Waals surface area contributed by atoms with Crippen molar-refractivity contribution in [3.63, 3.8) is 0 Å². The fraction of sp³-hybridized carbons (Fsp3) is 0.333. The van der Waals surface area contributed by atoms with Crippen LogP contribution in [0.15, 0.2) is 54.7 Å². The maximum atomic E-state index is 13.2. The summed E-state index contributed by atoms with van der Waals surface area (Å²) in [5, 5.41) is 22.1. The zero-order chi connectivity index (χ0) is 26.2. The lowest BCUT2D eigenvalue weighted by atomic mass is 10.0. The van der Waals surface area contributed by atoms with E-state index >= 15 is 0 Å². The number of benzene rings is 2. The molecule has 10 nitrogen and oxygen atoms in total. The number of nitrogens with one attached hydrogen (secondary N) is 1. The Bertz CT molecular complexity index is 1350. The first kappa shape index (κ1) is 24.5. The molecule has 1 atom stereocenters. The SMILES string of the molecule is CC(C)(C)OC(=O)N1CCN(C(=O)c2cccc(-n3cc(C4=Cc5ccccc5NC4O)nn3)c2)CC1. The van der Waals surface area contributed by atoms with Crippen LogP contribution in [0.5, 0.6) is 0 Å². The summed E-state index contributed by atoms with van der Waals surface area (Å²) in [6.45, 7) is 7.19. The zero-order valence-corrected chi connectivity index (χ0v) is 21.1. The molecule has 10 heteroatoms. The smallest absolute Gasteiger partial charge is 0.410 e. The van der Waals surface area contributed by atoms with Gasteiger partial charge in [-0.1, -0.05) is 29.5 Å². The largest absolute Gasteiger partial charge is 0.444 e. The zero-order valence-electron chi connectivity index (χ0n) is 21.1. The van der Waals surface area contributed by atoms with Gasteiger partial charge in [0, 0.05) is 43.0 Å². The molecule has 0 radical (unpaired) electrons. The molecule has 1 unspecified atom stereocenters. The molecule has 37 heavy (non-hydrogen) atoms. The lowest BCUT2D eigenvalue weighted by Gasteiger charge is -2.35. The van der Waals surface area contributed by atoms with Gasteiger partial charge < -0.3 is 25.0 Å². The van der Waals surface area contributed by atoms with E-state index in [1.165, 1.54) is 0 Å². The Morgan fingerprint density at radius 2 is 1.76 bits per heavy atom. The maximum Gasteiger partial charge on any atom is 0.410 e. The highest BCUT2D eigenvalue weighted by Gasteiger charge is 2.28. The van der Waals surface area contributed by atoms with Crippen molar-refractivity contribution >= 4 is 29.3 Å². The molecule has 3 aromatic rings. The molecule has 2 aliphatic rings. The van der Waals surface area contributed by atoms with Gasteiger partial charge in [0.25, 0.3) is 5.91 Å². The summed E-state index contributed by atoms with van der Waals surface area (Å²) in [7, 11) is 0. The number of aliphatic hydroxyl groups is 1. The number of piperazine rings is 1. The summed E-state index contributed by atoms with van der Waals surface area (Å²) in [6.07, 6.45) is 2.35. The quantitative estimate of drug-likeness (QED) is 0.565. The third kappa shape index (κ3) is 5.34. The molecule has 3 heterocycles. The number of carbonyl (C=O) groups excluding carboxylic acids is 2. The molecule has 0 aliphatic carbocycles. The molecule has 2 amide bonds. The van der Waals surface area contributed by atoms with Crippen LogP contribution in [-0.4, -0.2) is 79.9 Å². The van der Waals surface area contributed by atoms with E-state index < -0.39 is 11.8 Å². The topological polar surface area (TPSA) is 113 Å². The van der Waals surface area contributed by atoms with Gasteiger partial charge in [0.05, 0.1) is 11.9 Å². The Labute approximate surface area is 215 Å². The normalized spacial score (nSPS) is 17.5.